The Morgan fingerprint density at radius 1 is 1.13 bits per heavy atom. The first kappa shape index (κ1) is 15.6. The van der Waals surface area contributed by atoms with E-state index in [-0.39, 0.29) is 4.90 Å². The predicted octanol–water partition coefficient (Wildman–Crippen LogP) is 3.84. The average Bonchev–Trinajstić information content (AvgIpc) is 2.93. The molecule has 0 radical (unpaired) electrons. The van der Waals surface area contributed by atoms with E-state index in [0.717, 1.165) is 17.0 Å². The monoisotopic (exact) mass is 347 g/mol. The number of aryl methyl sites for hydroxylation is 1. The number of hydrogen-bond acceptors (Lipinski definition) is 3. The number of nitrogens with one attached hydrogen (secondary N) is 2. The van der Waals surface area contributed by atoms with Crippen LogP contribution in [0.1, 0.15) is 5.69 Å². The zero-order valence-corrected chi connectivity index (χ0v) is 13.8. The highest BCUT2D eigenvalue weighted by atomic mass is 35.5. The van der Waals surface area contributed by atoms with E-state index in [1.54, 1.807) is 36.7 Å². The second-order valence-electron chi connectivity index (χ2n) is 5.02. The molecule has 0 spiro atoms. The third kappa shape index (κ3) is 3.38. The topological polar surface area (TPSA) is 74.8 Å². The van der Waals surface area contributed by atoms with Crippen molar-refractivity contribution in [1.82, 2.24) is 9.97 Å². The number of H-pyrrole nitrogens is 1. The molecule has 0 aliphatic heterocycles. The summed E-state index contributed by atoms with van der Waals surface area (Å²) >= 11 is 5.86. The van der Waals surface area contributed by atoms with Gasteiger partial charge >= 0.3 is 0 Å². The molecular formula is C16H14ClN3O2S. The number of sulfonamides is 1. The van der Waals surface area contributed by atoms with Crippen molar-refractivity contribution in [3.05, 3.63) is 65.6 Å². The Hall–Kier alpha value is -2.31. The van der Waals surface area contributed by atoms with Crippen LogP contribution in [0, 0.1) is 6.92 Å². The lowest BCUT2D eigenvalue weighted by Crippen LogP contribution is -2.12. The van der Waals surface area contributed by atoms with Gasteiger partial charge in [0.05, 0.1) is 16.9 Å². The van der Waals surface area contributed by atoms with Crippen LogP contribution in [-0.4, -0.2) is 18.4 Å². The lowest BCUT2D eigenvalue weighted by Gasteiger charge is -2.09. The number of halogens is 1. The third-order valence-corrected chi connectivity index (χ3v) is 4.94. The van der Waals surface area contributed by atoms with Gasteiger partial charge in [-0.1, -0.05) is 29.8 Å². The van der Waals surface area contributed by atoms with Crippen LogP contribution < -0.4 is 4.72 Å². The van der Waals surface area contributed by atoms with Crippen molar-refractivity contribution >= 4 is 27.3 Å². The molecule has 3 aromatic rings. The number of hydrogen-bond donors (Lipinski definition) is 2. The summed E-state index contributed by atoms with van der Waals surface area (Å²) in [4.78, 5) is 7.36. The van der Waals surface area contributed by atoms with Crippen molar-refractivity contribution < 1.29 is 8.42 Å². The molecule has 0 fully saturated rings. The van der Waals surface area contributed by atoms with Crippen LogP contribution in [0.4, 0.5) is 5.69 Å². The van der Waals surface area contributed by atoms with Gasteiger partial charge in [-0.2, -0.15) is 0 Å². The van der Waals surface area contributed by atoms with Crippen molar-refractivity contribution in [3.63, 3.8) is 0 Å². The summed E-state index contributed by atoms with van der Waals surface area (Å²) in [5.41, 5.74) is 2.99. The summed E-state index contributed by atoms with van der Waals surface area (Å²) in [5.74, 6) is 0. The van der Waals surface area contributed by atoms with Crippen molar-refractivity contribution in [2.75, 3.05) is 4.72 Å². The number of aromatic nitrogens is 2. The normalized spacial score (nSPS) is 11.4. The van der Waals surface area contributed by atoms with Gasteiger partial charge in [0, 0.05) is 22.0 Å². The van der Waals surface area contributed by atoms with E-state index in [9.17, 15) is 8.42 Å². The minimum Gasteiger partial charge on any atom is -0.348 e. The maximum absolute atomic E-state index is 12.4. The molecule has 118 valence electrons. The minimum absolute atomic E-state index is 0.117. The molecular weight excluding hydrogens is 334 g/mol. The highest BCUT2D eigenvalue weighted by Gasteiger charge is 2.15. The summed E-state index contributed by atoms with van der Waals surface area (Å²) in [7, 11) is -3.69. The molecule has 0 bridgehead atoms. The fraction of sp³-hybridized carbons (Fsp3) is 0.0625. The molecule has 0 unspecified atom stereocenters. The zero-order valence-electron chi connectivity index (χ0n) is 12.2. The van der Waals surface area contributed by atoms with Gasteiger partial charge in [0.15, 0.2) is 0 Å². The second-order valence-corrected chi connectivity index (χ2v) is 7.14. The van der Waals surface area contributed by atoms with Crippen LogP contribution in [0.25, 0.3) is 11.3 Å². The summed E-state index contributed by atoms with van der Waals surface area (Å²) in [5, 5.41) is 0.369. The highest BCUT2D eigenvalue weighted by Crippen LogP contribution is 2.25. The van der Waals surface area contributed by atoms with Crippen LogP contribution in [-0.2, 0) is 10.0 Å². The van der Waals surface area contributed by atoms with Crippen LogP contribution in [0.15, 0.2) is 59.8 Å². The van der Waals surface area contributed by atoms with E-state index >= 15 is 0 Å². The van der Waals surface area contributed by atoms with Crippen LogP contribution in [0.3, 0.4) is 0 Å². The Kier molecular flexibility index (Phi) is 4.11. The number of imidazole rings is 1. The maximum atomic E-state index is 12.4. The molecule has 0 saturated carbocycles. The SMILES string of the molecule is Cc1[nH]cnc1-c1cccc(NS(=O)(=O)c2cccc(Cl)c2)c1. The molecule has 2 N–H and O–H groups in total. The van der Waals surface area contributed by atoms with Crippen molar-refractivity contribution in [1.29, 1.82) is 0 Å². The van der Waals surface area contributed by atoms with Gasteiger partial charge in [-0.15, -0.1) is 0 Å². The molecule has 0 atom stereocenters. The van der Waals surface area contributed by atoms with E-state index in [0.29, 0.717) is 10.7 Å². The molecule has 1 aromatic heterocycles. The van der Waals surface area contributed by atoms with Gasteiger partial charge in [0.1, 0.15) is 0 Å². The second kappa shape index (κ2) is 6.06. The first-order valence-corrected chi connectivity index (χ1v) is 8.70. The summed E-state index contributed by atoms with van der Waals surface area (Å²) < 4.78 is 27.4. The first-order valence-electron chi connectivity index (χ1n) is 6.84. The number of rotatable bonds is 4. The van der Waals surface area contributed by atoms with E-state index < -0.39 is 10.0 Å². The Bertz CT molecular complexity index is 951. The number of anilines is 1. The van der Waals surface area contributed by atoms with Gasteiger partial charge in [-0.25, -0.2) is 13.4 Å². The molecule has 1 heterocycles. The van der Waals surface area contributed by atoms with Gasteiger partial charge in [0.2, 0.25) is 0 Å². The molecule has 3 rings (SSSR count). The Balaban J connectivity index is 1.93. The summed E-state index contributed by atoms with van der Waals surface area (Å²) in [6.07, 6.45) is 1.60. The first-order chi connectivity index (χ1) is 11.0. The van der Waals surface area contributed by atoms with Crippen LogP contribution in [0.2, 0.25) is 5.02 Å². The van der Waals surface area contributed by atoms with E-state index in [1.807, 2.05) is 13.0 Å². The number of benzene rings is 2. The molecule has 0 saturated heterocycles. The Morgan fingerprint density at radius 3 is 2.61 bits per heavy atom. The molecule has 0 aliphatic carbocycles. The minimum atomic E-state index is -3.69. The Morgan fingerprint density at radius 2 is 1.91 bits per heavy atom. The third-order valence-electron chi connectivity index (χ3n) is 3.32. The van der Waals surface area contributed by atoms with Crippen molar-refractivity contribution in [2.24, 2.45) is 0 Å². The van der Waals surface area contributed by atoms with Crippen molar-refractivity contribution in [3.8, 4) is 11.3 Å². The fourth-order valence-electron chi connectivity index (χ4n) is 2.23. The van der Waals surface area contributed by atoms with Crippen molar-refractivity contribution in [2.45, 2.75) is 11.8 Å². The lowest BCUT2D eigenvalue weighted by molar-refractivity contribution is 0.601. The molecule has 0 amide bonds. The van der Waals surface area contributed by atoms with Crippen LogP contribution in [0.5, 0.6) is 0 Å². The maximum Gasteiger partial charge on any atom is 0.261 e. The molecule has 23 heavy (non-hydrogen) atoms. The number of nitrogens with zero attached hydrogens (tertiary/aromatic N) is 1. The predicted molar refractivity (Wildman–Crippen MR) is 91.0 cm³/mol. The van der Waals surface area contributed by atoms with Gasteiger partial charge in [-0.3, -0.25) is 4.72 Å². The largest absolute Gasteiger partial charge is 0.348 e. The summed E-state index contributed by atoms with van der Waals surface area (Å²) in [6, 6.07) is 13.2. The van der Waals surface area contributed by atoms with E-state index in [1.165, 1.54) is 12.1 Å². The fourth-order valence-corrected chi connectivity index (χ4v) is 3.58. The number of aromatic amines is 1. The van der Waals surface area contributed by atoms with Crippen LogP contribution >= 0.6 is 11.6 Å². The van der Waals surface area contributed by atoms with E-state index in [2.05, 4.69) is 14.7 Å². The van der Waals surface area contributed by atoms with E-state index in [4.69, 9.17) is 11.6 Å². The smallest absolute Gasteiger partial charge is 0.261 e. The molecule has 0 aliphatic rings. The van der Waals surface area contributed by atoms with Gasteiger partial charge in [0.25, 0.3) is 10.0 Å². The highest BCUT2D eigenvalue weighted by molar-refractivity contribution is 7.92. The summed E-state index contributed by atoms with van der Waals surface area (Å²) in [6.45, 7) is 1.91. The van der Waals surface area contributed by atoms with Gasteiger partial charge in [-0.05, 0) is 37.3 Å². The lowest BCUT2D eigenvalue weighted by atomic mass is 10.1. The Labute approximate surface area is 139 Å². The quantitative estimate of drug-likeness (QED) is 0.753. The molecule has 5 nitrogen and oxygen atoms in total. The standard InChI is InChI=1S/C16H14ClN3O2S/c1-11-16(19-10-18-11)12-4-2-6-14(8-12)20-23(21,22)15-7-3-5-13(17)9-15/h2-10,20H,1H3,(H,18,19). The van der Waals surface area contributed by atoms with Gasteiger partial charge < -0.3 is 4.98 Å². The molecule has 2 aromatic carbocycles. The zero-order chi connectivity index (χ0) is 16.4. The average molecular weight is 348 g/mol. The molecule has 7 heteroatoms.